The summed E-state index contributed by atoms with van der Waals surface area (Å²) in [7, 11) is 0. The van der Waals surface area contributed by atoms with Crippen LogP contribution in [0.2, 0.25) is 0 Å². The van der Waals surface area contributed by atoms with Gasteiger partial charge in [-0.3, -0.25) is 9.59 Å². The third-order valence-corrected chi connectivity index (χ3v) is 5.20. The Bertz CT molecular complexity index is 754. The van der Waals surface area contributed by atoms with Crippen LogP contribution in [0.1, 0.15) is 27.7 Å². The van der Waals surface area contributed by atoms with Crippen molar-refractivity contribution in [3.05, 3.63) is 11.6 Å². The van der Waals surface area contributed by atoms with E-state index >= 15 is 0 Å². The molecule has 5 atom stereocenters. The van der Waals surface area contributed by atoms with Crippen LogP contribution >= 0.6 is 11.3 Å². The fraction of sp³-hybridized carbons (Fsp3) is 0.706. The summed E-state index contributed by atoms with van der Waals surface area (Å²) in [5.74, 6) is -2.64. The Labute approximate surface area is 165 Å². The average Bonchev–Trinajstić information content (AvgIpc) is 3.27. The third-order valence-electron chi connectivity index (χ3n) is 4.51. The quantitative estimate of drug-likeness (QED) is 0.737. The van der Waals surface area contributed by atoms with Gasteiger partial charge in [0.1, 0.15) is 18.3 Å². The first-order valence-corrected chi connectivity index (χ1v) is 9.85. The average molecular weight is 413 g/mol. The number of nitrogens with zero attached hydrogens (tertiary/aromatic N) is 1. The second-order valence-electron chi connectivity index (χ2n) is 7.69. The molecule has 3 aliphatic rings. The highest BCUT2D eigenvalue weighted by Gasteiger charge is 2.62. The van der Waals surface area contributed by atoms with E-state index in [4.69, 9.17) is 23.7 Å². The van der Waals surface area contributed by atoms with Crippen molar-refractivity contribution in [3.8, 4) is 0 Å². The number of anilines is 1. The number of fused-ring (bicyclic) bond motifs is 3. The molecule has 1 aromatic heterocycles. The Morgan fingerprint density at radius 2 is 1.75 bits per heavy atom. The monoisotopic (exact) mass is 413 g/mol. The number of carbonyl (C=O) groups excluding carboxylic acids is 2. The van der Waals surface area contributed by atoms with E-state index < -0.39 is 48.2 Å². The Hall–Kier alpha value is -1.63. The molecule has 11 heteroatoms. The van der Waals surface area contributed by atoms with Crippen molar-refractivity contribution < 1.29 is 33.3 Å². The molecule has 28 heavy (non-hydrogen) atoms. The summed E-state index contributed by atoms with van der Waals surface area (Å²) in [5.41, 5.74) is 0. The van der Waals surface area contributed by atoms with Gasteiger partial charge >= 0.3 is 0 Å². The van der Waals surface area contributed by atoms with Crippen molar-refractivity contribution in [1.29, 1.82) is 0 Å². The molecule has 3 fully saturated rings. The van der Waals surface area contributed by atoms with Gasteiger partial charge in [-0.25, -0.2) is 4.98 Å². The van der Waals surface area contributed by atoms with Crippen LogP contribution in [0, 0.1) is 0 Å². The van der Waals surface area contributed by atoms with Crippen LogP contribution in [0.25, 0.3) is 0 Å². The first kappa shape index (κ1) is 19.7. The molecule has 2 N–H and O–H groups in total. The standard InChI is InChI=1S/C17H23N3O7S/c1-16(2)24-9-10(25-16)12-14(27-17(3,4)26-12)23-11(9)13(22)19-7-8(21)20-15-18-5-6-28-15/h5-6,9-12,14H,7H2,1-4H3,(H,19,22)(H,18,20,21)/t9-,10-,11-,12-,14+/m1/s1. The largest absolute Gasteiger partial charge is 0.345 e. The number of nitrogens with one attached hydrogen (secondary N) is 2. The Balaban J connectivity index is 1.42. The van der Waals surface area contributed by atoms with Crippen LogP contribution in [0.5, 0.6) is 0 Å². The number of hydrogen-bond donors (Lipinski definition) is 2. The molecule has 0 unspecified atom stereocenters. The van der Waals surface area contributed by atoms with Gasteiger partial charge in [-0.2, -0.15) is 0 Å². The minimum atomic E-state index is -1.00. The van der Waals surface area contributed by atoms with Gasteiger partial charge in [0, 0.05) is 11.6 Å². The number of amides is 2. The lowest BCUT2D eigenvalue weighted by atomic mass is 9.98. The zero-order valence-electron chi connectivity index (χ0n) is 16.0. The fourth-order valence-corrected chi connectivity index (χ4v) is 4.09. The lowest BCUT2D eigenvalue weighted by Crippen LogP contribution is -2.59. The van der Waals surface area contributed by atoms with E-state index in [1.165, 1.54) is 11.3 Å². The van der Waals surface area contributed by atoms with Gasteiger partial charge in [-0.15, -0.1) is 11.3 Å². The summed E-state index contributed by atoms with van der Waals surface area (Å²) in [5, 5.41) is 7.38. The number of aromatic nitrogens is 1. The predicted molar refractivity (Wildman–Crippen MR) is 96.3 cm³/mol. The van der Waals surface area contributed by atoms with E-state index in [9.17, 15) is 9.59 Å². The number of carbonyl (C=O) groups is 2. The van der Waals surface area contributed by atoms with Gasteiger partial charge in [0.2, 0.25) is 5.91 Å². The molecule has 3 aliphatic heterocycles. The highest BCUT2D eigenvalue weighted by Crippen LogP contribution is 2.44. The van der Waals surface area contributed by atoms with Gasteiger partial charge in [0.05, 0.1) is 6.54 Å². The van der Waals surface area contributed by atoms with Crippen LogP contribution < -0.4 is 10.6 Å². The maximum Gasteiger partial charge on any atom is 0.252 e. The van der Waals surface area contributed by atoms with Crippen LogP contribution in [-0.2, 0) is 33.3 Å². The summed E-state index contributed by atoms with van der Waals surface area (Å²) in [4.78, 5) is 28.7. The first-order valence-electron chi connectivity index (χ1n) is 8.97. The molecule has 1 aromatic rings. The fourth-order valence-electron chi connectivity index (χ4n) is 3.54. The molecule has 0 spiro atoms. The van der Waals surface area contributed by atoms with Crippen molar-refractivity contribution >= 4 is 28.3 Å². The molecule has 2 amide bonds. The highest BCUT2D eigenvalue weighted by molar-refractivity contribution is 7.13. The molecule has 0 bridgehead atoms. The smallest absolute Gasteiger partial charge is 0.252 e. The highest BCUT2D eigenvalue weighted by atomic mass is 32.1. The molecule has 0 aromatic carbocycles. The van der Waals surface area contributed by atoms with E-state index in [1.54, 1.807) is 39.3 Å². The molecular weight excluding hydrogens is 390 g/mol. The topological polar surface area (TPSA) is 117 Å². The summed E-state index contributed by atoms with van der Waals surface area (Å²) < 4.78 is 29.4. The molecule has 10 nitrogen and oxygen atoms in total. The zero-order chi connectivity index (χ0) is 20.1. The number of rotatable bonds is 4. The summed E-state index contributed by atoms with van der Waals surface area (Å²) in [6, 6.07) is 0. The van der Waals surface area contributed by atoms with Crippen LogP contribution in [0.15, 0.2) is 11.6 Å². The minimum absolute atomic E-state index is 0.225. The maximum atomic E-state index is 12.7. The van der Waals surface area contributed by atoms with Crippen LogP contribution in [0.4, 0.5) is 5.13 Å². The third kappa shape index (κ3) is 3.91. The lowest BCUT2D eigenvalue weighted by molar-refractivity contribution is -0.231. The zero-order valence-corrected chi connectivity index (χ0v) is 16.8. The molecule has 4 rings (SSSR count). The molecule has 0 saturated carbocycles. The second kappa shape index (κ2) is 7.01. The van der Waals surface area contributed by atoms with Gasteiger partial charge < -0.3 is 34.3 Å². The first-order chi connectivity index (χ1) is 13.1. The van der Waals surface area contributed by atoms with Crippen molar-refractivity contribution in [3.63, 3.8) is 0 Å². The molecular formula is C17H23N3O7S. The predicted octanol–water partition coefficient (Wildman–Crippen LogP) is 0.594. The van der Waals surface area contributed by atoms with E-state index in [2.05, 4.69) is 15.6 Å². The maximum absolute atomic E-state index is 12.7. The van der Waals surface area contributed by atoms with E-state index in [0.29, 0.717) is 5.13 Å². The summed E-state index contributed by atoms with van der Waals surface area (Å²) >= 11 is 1.29. The Kier molecular flexibility index (Phi) is 4.92. The number of ether oxygens (including phenoxy) is 5. The van der Waals surface area contributed by atoms with Crippen LogP contribution in [-0.4, -0.2) is 65.6 Å². The summed E-state index contributed by atoms with van der Waals surface area (Å²) in [6.45, 7) is 6.83. The molecule has 0 radical (unpaired) electrons. The van der Waals surface area contributed by atoms with Gasteiger partial charge in [-0.05, 0) is 27.7 Å². The minimum Gasteiger partial charge on any atom is -0.345 e. The van der Waals surface area contributed by atoms with Crippen molar-refractivity contribution in [1.82, 2.24) is 10.3 Å². The van der Waals surface area contributed by atoms with Gasteiger partial charge in [-0.1, -0.05) is 0 Å². The molecule has 3 saturated heterocycles. The lowest BCUT2D eigenvalue weighted by Gasteiger charge is -2.36. The van der Waals surface area contributed by atoms with Crippen molar-refractivity contribution in [2.24, 2.45) is 0 Å². The normalized spacial score (nSPS) is 35.1. The van der Waals surface area contributed by atoms with E-state index in [1.807, 2.05) is 0 Å². The second-order valence-corrected chi connectivity index (χ2v) is 8.59. The van der Waals surface area contributed by atoms with Crippen molar-refractivity contribution in [2.75, 3.05) is 11.9 Å². The van der Waals surface area contributed by atoms with Gasteiger partial charge in [0.15, 0.2) is 29.1 Å². The Morgan fingerprint density at radius 3 is 2.46 bits per heavy atom. The summed E-state index contributed by atoms with van der Waals surface area (Å²) in [6.07, 6.45) is -1.92. The number of hydrogen-bond acceptors (Lipinski definition) is 9. The number of thiazole rings is 1. The Morgan fingerprint density at radius 1 is 1.07 bits per heavy atom. The molecule has 154 valence electrons. The molecule has 0 aliphatic carbocycles. The van der Waals surface area contributed by atoms with Crippen LogP contribution in [0.3, 0.4) is 0 Å². The van der Waals surface area contributed by atoms with E-state index in [-0.39, 0.29) is 12.5 Å². The molecule has 4 heterocycles. The SMILES string of the molecule is CC1(C)O[C@@H]2[C@@H](O1)[C@H](C(=O)NCC(=O)Nc1nccs1)O[C@H]1OC(C)(C)O[C@@H]12. The van der Waals surface area contributed by atoms with Gasteiger partial charge in [0.25, 0.3) is 5.91 Å². The van der Waals surface area contributed by atoms with Crippen molar-refractivity contribution in [2.45, 2.75) is 70.0 Å². The van der Waals surface area contributed by atoms with E-state index in [0.717, 1.165) is 0 Å².